The van der Waals surface area contributed by atoms with Crippen molar-refractivity contribution in [3.63, 3.8) is 0 Å². The number of carbonyl (C=O) groups excluding carboxylic acids is 1. The molecule has 0 spiro atoms. The van der Waals surface area contributed by atoms with Gasteiger partial charge in [0.1, 0.15) is 0 Å². The largest absolute Gasteiger partial charge is 0.493 e. The molecule has 0 saturated heterocycles. The predicted octanol–water partition coefficient (Wildman–Crippen LogP) is 1.88. The first-order valence-corrected chi connectivity index (χ1v) is 6.24. The number of benzene rings is 1. The van der Waals surface area contributed by atoms with Gasteiger partial charge in [0, 0.05) is 6.04 Å². The standard InChI is InChI=1S/C14H19NO4.ClH/c1-17-12-6-9-4-5-15-11(8-14(16)19-3)10(9)7-13(12)18-2;/h6-7,11,15H,4-5,8H2,1-3H3;1H. The van der Waals surface area contributed by atoms with E-state index in [2.05, 4.69) is 5.32 Å². The van der Waals surface area contributed by atoms with Gasteiger partial charge < -0.3 is 19.5 Å². The Kier molecular flexibility index (Phi) is 6.10. The normalized spacial score (nSPS) is 16.6. The lowest BCUT2D eigenvalue weighted by Gasteiger charge is -2.27. The van der Waals surface area contributed by atoms with Crippen molar-refractivity contribution in [1.82, 2.24) is 5.32 Å². The second-order valence-electron chi connectivity index (χ2n) is 4.44. The number of carbonyl (C=O) groups is 1. The zero-order chi connectivity index (χ0) is 13.8. The minimum Gasteiger partial charge on any atom is -0.493 e. The molecule has 1 atom stereocenters. The van der Waals surface area contributed by atoms with Crippen LogP contribution in [0, 0.1) is 0 Å². The lowest BCUT2D eigenvalue weighted by molar-refractivity contribution is -0.141. The summed E-state index contributed by atoms with van der Waals surface area (Å²) in [6.07, 6.45) is 1.23. The molecule has 20 heavy (non-hydrogen) atoms. The predicted molar refractivity (Wildman–Crippen MR) is 77.9 cm³/mol. The maximum Gasteiger partial charge on any atom is 0.307 e. The molecule has 1 N–H and O–H groups in total. The molecule has 1 heterocycles. The zero-order valence-corrected chi connectivity index (χ0v) is 12.7. The van der Waals surface area contributed by atoms with Gasteiger partial charge in [-0.1, -0.05) is 0 Å². The summed E-state index contributed by atoms with van der Waals surface area (Å²) in [7, 11) is 4.63. The van der Waals surface area contributed by atoms with E-state index in [4.69, 9.17) is 14.2 Å². The van der Waals surface area contributed by atoms with Gasteiger partial charge in [-0.2, -0.15) is 0 Å². The molecule has 0 saturated carbocycles. The second kappa shape index (κ2) is 7.36. The van der Waals surface area contributed by atoms with Crippen molar-refractivity contribution in [2.75, 3.05) is 27.9 Å². The minimum atomic E-state index is -0.222. The summed E-state index contributed by atoms with van der Waals surface area (Å²) in [5, 5.41) is 3.33. The molecular weight excluding hydrogens is 282 g/mol. The average Bonchev–Trinajstić information content (AvgIpc) is 2.45. The van der Waals surface area contributed by atoms with Gasteiger partial charge in [-0.05, 0) is 36.2 Å². The third kappa shape index (κ3) is 3.35. The van der Waals surface area contributed by atoms with Crippen LogP contribution < -0.4 is 14.8 Å². The number of fused-ring (bicyclic) bond motifs is 1. The highest BCUT2D eigenvalue weighted by atomic mass is 35.5. The number of halogens is 1. The number of esters is 1. The van der Waals surface area contributed by atoms with Crippen molar-refractivity contribution >= 4 is 18.4 Å². The fourth-order valence-electron chi connectivity index (χ4n) is 2.40. The molecule has 0 aliphatic carbocycles. The third-order valence-corrected chi connectivity index (χ3v) is 3.40. The van der Waals surface area contributed by atoms with Crippen molar-refractivity contribution in [3.8, 4) is 11.5 Å². The molecule has 112 valence electrons. The van der Waals surface area contributed by atoms with Crippen LogP contribution in [-0.4, -0.2) is 33.8 Å². The molecule has 0 aromatic heterocycles. The van der Waals surface area contributed by atoms with Crippen molar-refractivity contribution < 1.29 is 19.0 Å². The Hall–Kier alpha value is -1.46. The van der Waals surface area contributed by atoms with Crippen LogP contribution in [0.5, 0.6) is 11.5 Å². The van der Waals surface area contributed by atoms with Gasteiger partial charge in [-0.25, -0.2) is 0 Å². The first-order valence-electron chi connectivity index (χ1n) is 6.24. The Bertz CT molecular complexity index is 478. The molecule has 0 radical (unpaired) electrons. The molecule has 2 rings (SSSR count). The lowest BCUT2D eigenvalue weighted by Crippen LogP contribution is -2.31. The first-order chi connectivity index (χ1) is 9.19. The lowest BCUT2D eigenvalue weighted by atomic mass is 9.92. The van der Waals surface area contributed by atoms with E-state index in [1.165, 1.54) is 12.7 Å². The van der Waals surface area contributed by atoms with Gasteiger partial charge in [0.15, 0.2) is 11.5 Å². The average molecular weight is 302 g/mol. The van der Waals surface area contributed by atoms with Crippen LogP contribution in [0.25, 0.3) is 0 Å². The topological polar surface area (TPSA) is 56.8 Å². The van der Waals surface area contributed by atoms with Gasteiger partial charge in [0.25, 0.3) is 0 Å². The van der Waals surface area contributed by atoms with E-state index in [0.717, 1.165) is 24.3 Å². The van der Waals surface area contributed by atoms with Crippen LogP contribution >= 0.6 is 12.4 Å². The fourth-order valence-corrected chi connectivity index (χ4v) is 2.40. The van der Waals surface area contributed by atoms with Gasteiger partial charge in [-0.3, -0.25) is 4.79 Å². The number of nitrogens with one attached hydrogen (secondary N) is 1. The highest BCUT2D eigenvalue weighted by Crippen LogP contribution is 2.36. The minimum absolute atomic E-state index is 0. The van der Waals surface area contributed by atoms with Crippen molar-refractivity contribution in [2.45, 2.75) is 18.9 Å². The second-order valence-corrected chi connectivity index (χ2v) is 4.44. The van der Waals surface area contributed by atoms with Crippen LogP contribution in [0.1, 0.15) is 23.6 Å². The van der Waals surface area contributed by atoms with Crippen LogP contribution in [0.4, 0.5) is 0 Å². The summed E-state index contributed by atoms with van der Waals surface area (Å²) in [5.41, 5.74) is 2.26. The molecule has 1 aliphatic rings. The van der Waals surface area contributed by atoms with Crippen molar-refractivity contribution in [3.05, 3.63) is 23.3 Å². The van der Waals surface area contributed by atoms with Crippen LogP contribution in [0.2, 0.25) is 0 Å². The van der Waals surface area contributed by atoms with E-state index in [-0.39, 0.29) is 24.4 Å². The van der Waals surface area contributed by atoms with E-state index < -0.39 is 0 Å². The summed E-state index contributed by atoms with van der Waals surface area (Å²) < 4.78 is 15.4. The molecule has 1 aromatic carbocycles. The number of hydrogen-bond donors (Lipinski definition) is 1. The number of hydrogen-bond acceptors (Lipinski definition) is 5. The number of rotatable bonds is 4. The molecule has 1 aromatic rings. The smallest absolute Gasteiger partial charge is 0.307 e. The maximum atomic E-state index is 11.4. The van der Waals surface area contributed by atoms with E-state index in [9.17, 15) is 4.79 Å². The van der Waals surface area contributed by atoms with E-state index in [1.807, 2.05) is 12.1 Å². The quantitative estimate of drug-likeness (QED) is 0.861. The van der Waals surface area contributed by atoms with Gasteiger partial charge in [0.05, 0.1) is 27.8 Å². The van der Waals surface area contributed by atoms with E-state index in [0.29, 0.717) is 12.2 Å². The third-order valence-electron chi connectivity index (χ3n) is 3.40. The Morgan fingerprint density at radius 1 is 1.25 bits per heavy atom. The fraction of sp³-hybridized carbons (Fsp3) is 0.500. The molecule has 0 amide bonds. The van der Waals surface area contributed by atoms with E-state index in [1.54, 1.807) is 14.2 Å². The highest BCUT2D eigenvalue weighted by Gasteiger charge is 2.24. The SMILES string of the molecule is COC(=O)CC1NCCc2cc(OC)c(OC)cc21.Cl. The Balaban J connectivity index is 0.00000200. The molecule has 1 unspecified atom stereocenters. The van der Waals surface area contributed by atoms with Crippen LogP contribution in [0.15, 0.2) is 12.1 Å². The van der Waals surface area contributed by atoms with Crippen LogP contribution in [0.3, 0.4) is 0 Å². The summed E-state index contributed by atoms with van der Waals surface area (Å²) >= 11 is 0. The number of ether oxygens (including phenoxy) is 3. The summed E-state index contributed by atoms with van der Waals surface area (Å²) in [6, 6.07) is 3.89. The molecule has 5 nitrogen and oxygen atoms in total. The van der Waals surface area contributed by atoms with Gasteiger partial charge in [-0.15, -0.1) is 12.4 Å². The zero-order valence-electron chi connectivity index (χ0n) is 11.9. The Labute approximate surface area is 125 Å². The Morgan fingerprint density at radius 2 is 1.90 bits per heavy atom. The monoisotopic (exact) mass is 301 g/mol. The maximum absolute atomic E-state index is 11.4. The molecule has 0 bridgehead atoms. The van der Waals surface area contributed by atoms with Crippen LogP contribution in [-0.2, 0) is 16.0 Å². The summed E-state index contributed by atoms with van der Waals surface area (Å²) in [4.78, 5) is 11.4. The first kappa shape index (κ1) is 16.6. The summed E-state index contributed by atoms with van der Waals surface area (Å²) in [6.45, 7) is 0.837. The molecule has 1 aliphatic heterocycles. The highest BCUT2D eigenvalue weighted by molar-refractivity contribution is 5.85. The van der Waals surface area contributed by atoms with Gasteiger partial charge >= 0.3 is 5.97 Å². The summed E-state index contributed by atoms with van der Waals surface area (Å²) in [5.74, 6) is 1.18. The molecular formula is C14H20ClNO4. The van der Waals surface area contributed by atoms with Crippen molar-refractivity contribution in [1.29, 1.82) is 0 Å². The van der Waals surface area contributed by atoms with Crippen molar-refractivity contribution in [2.24, 2.45) is 0 Å². The van der Waals surface area contributed by atoms with E-state index >= 15 is 0 Å². The number of methoxy groups -OCH3 is 3. The molecule has 0 fully saturated rings. The molecule has 6 heteroatoms. The Morgan fingerprint density at radius 3 is 2.50 bits per heavy atom. The van der Waals surface area contributed by atoms with Gasteiger partial charge in [0.2, 0.25) is 0 Å².